The quantitative estimate of drug-likeness (QED) is 0.362. The molecule has 156 valence electrons. The number of hydrogen-bond acceptors (Lipinski definition) is 2. The Bertz CT molecular complexity index is 1460. The van der Waals surface area contributed by atoms with Crippen LogP contribution in [0.5, 0.6) is 0 Å². The van der Waals surface area contributed by atoms with Gasteiger partial charge in [-0.2, -0.15) is 0 Å². The third-order valence-electron chi connectivity index (χ3n) is 5.60. The first-order valence-electron chi connectivity index (χ1n) is 9.52. The molecule has 0 spiro atoms. The van der Waals surface area contributed by atoms with Gasteiger partial charge in [0.1, 0.15) is 23.3 Å². The number of H-pyrrole nitrogens is 1. The monoisotopic (exact) mass is 426 g/mol. The van der Waals surface area contributed by atoms with Crippen molar-refractivity contribution in [2.24, 2.45) is 0 Å². The molecule has 1 aliphatic rings. The lowest BCUT2D eigenvalue weighted by molar-refractivity contribution is 0.0734. The van der Waals surface area contributed by atoms with Gasteiger partial charge in [-0.05, 0) is 53.9 Å². The van der Waals surface area contributed by atoms with Gasteiger partial charge in [-0.1, -0.05) is 0 Å². The molecule has 1 amide bonds. The number of carbonyl (C=O) groups excluding carboxylic acids is 1. The van der Waals surface area contributed by atoms with Gasteiger partial charge in [-0.15, -0.1) is 0 Å². The van der Waals surface area contributed by atoms with Crippen LogP contribution in [0.3, 0.4) is 0 Å². The number of aromatic amines is 1. The van der Waals surface area contributed by atoms with Crippen LogP contribution >= 0.6 is 0 Å². The fourth-order valence-electron chi connectivity index (χ4n) is 4.14. The Labute approximate surface area is 172 Å². The second-order valence-electron chi connectivity index (χ2n) is 7.52. The van der Waals surface area contributed by atoms with Crippen LogP contribution in [0.1, 0.15) is 21.5 Å². The fourth-order valence-corrected chi connectivity index (χ4v) is 4.14. The zero-order valence-electron chi connectivity index (χ0n) is 15.9. The Kier molecular flexibility index (Phi) is 4.32. The molecule has 2 heterocycles. The maximum atomic E-state index is 14.3. The van der Waals surface area contributed by atoms with Crippen LogP contribution in [0.15, 0.2) is 47.3 Å². The molecule has 0 unspecified atom stereocenters. The van der Waals surface area contributed by atoms with E-state index in [4.69, 9.17) is 0 Å². The van der Waals surface area contributed by atoms with Gasteiger partial charge in [-0.3, -0.25) is 9.59 Å². The zero-order chi connectivity index (χ0) is 21.9. The number of fused-ring (bicyclic) bond motifs is 3. The lowest BCUT2D eigenvalue weighted by Gasteiger charge is -2.29. The number of nitrogens with zero attached hydrogens (tertiary/aromatic N) is 1. The van der Waals surface area contributed by atoms with Crippen molar-refractivity contribution in [3.63, 3.8) is 0 Å². The van der Waals surface area contributed by atoms with Gasteiger partial charge in [0.15, 0.2) is 5.43 Å². The van der Waals surface area contributed by atoms with Gasteiger partial charge in [0.2, 0.25) is 0 Å². The molecular formula is C23H14F4N2O2. The Morgan fingerprint density at radius 2 is 1.65 bits per heavy atom. The van der Waals surface area contributed by atoms with E-state index in [1.807, 2.05) is 0 Å². The molecule has 0 atom stereocenters. The van der Waals surface area contributed by atoms with Crippen molar-refractivity contribution in [1.29, 1.82) is 0 Å². The normalized spacial score (nSPS) is 13.6. The maximum absolute atomic E-state index is 14.3. The molecule has 0 fully saturated rings. The predicted octanol–water partition coefficient (Wildman–Crippen LogP) is 4.44. The van der Waals surface area contributed by atoms with Crippen LogP contribution in [0.2, 0.25) is 0 Å². The molecule has 5 rings (SSSR count). The standard InChI is InChI=1S/C23H14F4N2O2/c24-12-1-2-20-16(6-12)22(30)17-7-14(26)8-18(21(17)28-20)23(31)29-4-3-15-11(10-29)5-13(25)9-19(15)27/h1-2,5-9H,3-4,10H2,(H,28,30). The second-order valence-corrected chi connectivity index (χ2v) is 7.52. The highest BCUT2D eigenvalue weighted by molar-refractivity contribution is 6.07. The van der Waals surface area contributed by atoms with Crippen LogP contribution < -0.4 is 5.43 Å². The smallest absolute Gasteiger partial charge is 0.256 e. The summed E-state index contributed by atoms with van der Waals surface area (Å²) in [6.45, 7) is 0.0965. The van der Waals surface area contributed by atoms with Gasteiger partial charge < -0.3 is 9.88 Å². The van der Waals surface area contributed by atoms with E-state index in [0.29, 0.717) is 16.6 Å². The molecular weight excluding hydrogens is 412 g/mol. The molecule has 0 aliphatic carbocycles. The first-order chi connectivity index (χ1) is 14.8. The number of halogens is 4. The van der Waals surface area contributed by atoms with Crippen molar-refractivity contribution in [1.82, 2.24) is 9.88 Å². The summed E-state index contributed by atoms with van der Waals surface area (Å²) in [5, 5.41) is -0.0507. The summed E-state index contributed by atoms with van der Waals surface area (Å²) < 4.78 is 55.6. The fraction of sp³-hybridized carbons (Fsp3) is 0.130. The zero-order valence-corrected chi connectivity index (χ0v) is 15.9. The molecule has 0 bridgehead atoms. The second kappa shape index (κ2) is 6.94. The highest BCUT2D eigenvalue weighted by Gasteiger charge is 2.27. The first kappa shape index (κ1) is 19.3. The van der Waals surface area contributed by atoms with E-state index in [2.05, 4.69) is 4.98 Å². The third-order valence-corrected chi connectivity index (χ3v) is 5.60. The number of pyridine rings is 1. The summed E-state index contributed by atoms with van der Waals surface area (Å²) in [4.78, 5) is 30.3. The Morgan fingerprint density at radius 1 is 0.903 bits per heavy atom. The number of amides is 1. The van der Waals surface area contributed by atoms with E-state index in [-0.39, 0.29) is 41.4 Å². The molecule has 0 saturated carbocycles. The molecule has 0 saturated heterocycles. The molecule has 4 aromatic rings. The number of rotatable bonds is 1. The lowest BCUT2D eigenvalue weighted by Crippen LogP contribution is -2.36. The van der Waals surface area contributed by atoms with Gasteiger partial charge in [0, 0.05) is 35.4 Å². The minimum absolute atomic E-state index is 0.0364. The minimum atomic E-state index is -0.799. The average Bonchev–Trinajstić information content (AvgIpc) is 2.73. The number of aromatic nitrogens is 1. The summed E-state index contributed by atoms with van der Waals surface area (Å²) in [7, 11) is 0. The molecule has 1 N–H and O–H groups in total. The average molecular weight is 426 g/mol. The Balaban J connectivity index is 1.64. The van der Waals surface area contributed by atoms with Crippen LogP contribution in [0, 0.1) is 23.3 Å². The van der Waals surface area contributed by atoms with Gasteiger partial charge >= 0.3 is 0 Å². The van der Waals surface area contributed by atoms with Gasteiger partial charge in [-0.25, -0.2) is 17.6 Å². The third kappa shape index (κ3) is 3.15. The van der Waals surface area contributed by atoms with E-state index in [0.717, 1.165) is 24.3 Å². The van der Waals surface area contributed by atoms with Crippen LogP contribution in [0.25, 0.3) is 21.8 Å². The molecule has 3 aromatic carbocycles. The molecule has 31 heavy (non-hydrogen) atoms. The van der Waals surface area contributed by atoms with Crippen LogP contribution in [-0.4, -0.2) is 22.3 Å². The number of hydrogen-bond donors (Lipinski definition) is 1. The van der Waals surface area contributed by atoms with E-state index in [1.165, 1.54) is 23.1 Å². The number of nitrogens with one attached hydrogen (secondary N) is 1. The van der Waals surface area contributed by atoms with Crippen LogP contribution in [0.4, 0.5) is 17.6 Å². The summed E-state index contributed by atoms with van der Waals surface area (Å²) >= 11 is 0. The largest absolute Gasteiger partial charge is 0.354 e. The van der Waals surface area contributed by atoms with Crippen molar-refractivity contribution < 1.29 is 22.4 Å². The summed E-state index contributed by atoms with van der Waals surface area (Å²) in [6, 6.07) is 7.56. The molecule has 0 radical (unpaired) electrons. The highest BCUT2D eigenvalue weighted by Crippen LogP contribution is 2.27. The van der Waals surface area contributed by atoms with Crippen molar-refractivity contribution in [3.05, 3.63) is 92.6 Å². The van der Waals surface area contributed by atoms with Crippen molar-refractivity contribution in [3.8, 4) is 0 Å². The van der Waals surface area contributed by atoms with Crippen molar-refractivity contribution in [2.45, 2.75) is 13.0 Å². The van der Waals surface area contributed by atoms with E-state index in [9.17, 15) is 27.2 Å². The molecule has 8 heteroatoms. The van der Waals surface area contributed by atoms with Gasteiger partial charge in [0.25, 0.3) is 5.91 Å². The topological polar surface area (TPSA) is 53.2 Å². The van der Waals surface area contributed by atoms with E-state index < -0.39 is 34.6 Å². The minimum Gasteiger partial charge on any atom is -0.354 e. The van der Waals surface area contributed by atoms with Crippen molar-refractivity contribution in [2.75, 3.05) is 6.54 Å². The number of carbonyl (C=O) groups is 1. The summed E-state index contributed by atoms with van der Waals surface area (Å²) in [6.07, 6.45) is 0.180. The summed E-state index contributed by atoms with van der Waals surface area (Å²) in [5.41, 5.74) is 0.409. The lowest BCUT2D eigenvalue weighted by atomic mass is 9.97. The Hall–Kier alpha value is -3.68. The highest BCUT2D eigenvalue weighted by atomic mass is 19.1. The number of benzene rings is 3. The molecule has 4 nitrogen and oxygen atoms in total. The van der Waals surface area contributed by atoms with E-state index in [1.54, 1.807) is 0 Å². The SMILES string of the molecule is O=C(c1cc(F)cc2c(=O)c3cc(F)ccc3[nH]c12)N1CCc2c(F)cc(F)cc2C1. The molecule has 1 aromatic heterocycles. The van der Waals surface area contributed by atoms with E-state index >= 15 is 0 Å². The molecule has 1 aliphatic heterocycles. The van der Waals surface area contributed by atoms with Crippen LogP contribution in [-0.2, 0) is 13.0 Å². The summed E-state index contributed by atoms with van der Waals surface area (Å²) in [5.74, 6) is -3.41. The van der Waals surface area contributed by atoms with Gasteiger partial charge in [0.05, 0.1) is 11.1 Å². The Morgan fingerprint density at radius 3 is 2.45 bits per heavy atom. The first-order valence-corrected chi connectivity index (χ1v) is 9.52. The maximum Gasteiger partial charge on any atom is 0.256 e. The van der Waals surface area contributed by atoms with Crippen molar-refractivity contribution >= 4 is 27.7 Å². The predicted molar refractivity (Wildman–Crippen MR) is 107 cm³/mol.